The Labute approximate surface area is 234 Å². The van der Waals surface area contributed by atoms with Crippen LogP contribution in [0, 0.1) is 5.82 Å². The number of nitrogens with zero attached hydrogens (tertiary/aromatic N) is 1. The molecule has 3 atom stereocenters. The van der Waals surface area contributed by atoms with Gasteiger partial charge in [0.2, 0.25) is 11.8 Å². The standard InChI is InChI=1S/C32H35FN4O3/c33-26-15-13-24(14-16-26)27-20-29(27)34-17-5-4-8-28(32(40)37-19-18-35-30(38)21-37)36-31(39)25-11-9-23(10-12-25)22-6-2-1-3-7-22/h1-3,6-7,9-16,27-29,34H,4-5,8,17-21H2,(H,35,38)(H,36,39)/t27-,28-,29+/m0/s1. The Morgan fingerprint density at radius 3 is 2.40 bits per heavy atom. The van der Waals surface area contributed by atoms with Crippen molar-refractivity contribution in [2.45, 2.75) is 43.7 Å². The molecular weight excluding hydrogens is 507 g/mol. The van der Waals surface area contributed by atoms with Crippen LogP contribution in [-0.4, -0.2) is 60.9 Å². The minimum absolute atomic E-state index is 0.00495. The number of nitrogens with one attached hydrogen (secondary N) is 3. The van der Waals surface area contributed by atoms with Crippen LogP contribution in [0.15, 0.2) is 78.9 Å². The summed E-state index contributed by atoms with van der Waals surface area (Å²) in [6.07, 6.45) is 3.10. The molecule has 1 saturated carbocycles. The van der Waals surface area contributed by atoms with E-state index in [0.29, 0.717) is 37.0 Å². The predicted molar refractivity (Wildman–Crippen MR) is 152 cm³/mol. The Kier molecular flexibility index (Phi) is 8.86. The number of carbonyl (C=O) groups is 3. The third-order valence-corrected chi connectivity index (χ3v) is 7.62. The zero-order valence-electron chi connectivity index (χ0n) is 22.4. The first-order valence-electron chi connectivity index (χ1n) is 14.0. The van der Waals surface area contributed by atoms with E-state index in [1.54, 1.807) is 12.1 Å². The molecule has 8 heteroatoms. The highest BCUT2D eigenvalue weighted by Crippen LogP contribution is 2.40. The van der Waals surface area contributed by atoms with Crippen molar-refractivity contribution in [1.29, 1.82) is 0 Å². The summed E-state index contributed by atoms with van der Waals surface area (Å²) >= 11 is 0. The van der Waals surface area contributed by atoms with Crippen LogP contribution in [0.4, 0.5) is 4.39 Å². The molecule has 1 aliphatic carbocycles. The van der Waals surface area contributed by atoms with Crippen molar-refractivity contribution < 1.29 is 18.8 Å². The van der Waals surface area contributed by atoms with Crippen molar-refractivity contribution >= 4 is 17.7 Å². The number of hydrogen-bond donors (Lipinski definition) is 3. The van der Waals surface area contributed by atoms with Gasteiger partial charge in [-0.3, -0.25) is 14.4 Å². The SMILES string of the molecule is O=C1CN(C(=O)[C@H](CCCCN[C@@H]2C[C@H]2c2ccc(F)cc2)NC(=O)c2ccc(-c3ccccc3)cc2)CCN1. The van der Waals surface area contributed by atoms with Crippen molar-refractivity contribution in [3.8, 4) is 11.1 Å². The first-order valence-corrected chi connectivity index (χ1v) is 14.0. The van der Waals surface area contributed by atoms with E-state index in [4.69, 9.17) is 0 Å². The predicted octanol–water partition coefficient (Wildman–Crippen LogP) is 3.87. The maximum absolute atomic E-state index is 13.3. The topological polar surface area (TPSA) is 90.5 Å². The van der Waals surface area contributed by atoms with Gasteiger partial charge in [0.25, 0.3) is 5.91 Å². The van der Waals surface area contributed by atoms with Crippen molar-refractivity contribution in [2.24, 2.45) is 0 Å². The van der Waals surface area contributed by atoms with E-state index in [1.165, 1.54) is 17.0 Å². The lowest BCUT2D eigenvalue weighted by molar-refractivity contribution is -0.139. The third-order valence-electron chi connectivity index (χ3n) is 7.62. The van der Waals surface area contributed by atoms with E-state index >= 15 is 0 Å². The molecule has 40 heavy (non-hydrogen) atoms. The van der Waals surface area contributed by atoms with Crippen LogP contribution in [-0.2, 0) is 9.59 Å². The average molecular weight is 543 g/mol. The molecular formula is C32H35FN4O3. The fourth-order valence-electron chi connectivity index (χ4n) is 5.25. The molecule has 208 valence electrons. The number of rotatable bonds is 11. The Morgan fingerprint density at radius 2 is 1.68 bits per heavy atom. The monoisotopic (exact) mass is 542 g/mol. The maximum atomic E-state index is 13.3. The lowest BCUT2D eigenvalue weighted by Crippen LogP contribution is -2.55. The minimum atomic E-state index is -0.708. The molecule has 5 rings (SSSR count). The Hall–Kier alpha value is -4.04. The van der Waals surface area contributed by atoms with Gasteiger partial charge in [0.05, 0.1) is 6.54 Å². The van der Waals surface area contributed by atoms with E-state index in [9.17, 15) is 18.8 Å². The van der Waals surface area contributed by atoms with Gasteiger partial charge in [-0.15, -0.1) is 0 Å². The van der Waals surface area contributed by atoms with E-state index in [1.807, 2.05) is 54.6 Å². The number of amides is 3. The fraction of sp³-hybridized carbons (Fsp3) is 0.344. The molecule has 3 aromatic rings. The second-order valence-corrected chi connectivity index (χ2v) is 10.5. The maximum Gasteiger partial charge on any atom is 0.251 e. The lowest BCUT2D eigenvalue weighted by atomic mass is 10.0. The summed E-state index contributed by atoms with van der Waals surface area (Å²) < 4.78 is 13.2. The highest BCUT2D eigenvalue weighted by atomic mass is 19.1. The molecule has 3 aromatic carbocycles. The normalized spacial score (nSPS) is 19.0. The molecule has 3 N–H and O–H groups in total. The Bertz CT molecular complexity index is 1310. The van der Waals surface area contributed by atoms with Gasteiger partial charge in [-0.2, -0.15) is 0 Å². The highest BCUT2D eigenvalue weighted by molar-refractivity contribution is 5.98. The van der Waals surface area contributed by atoms with Gasteiger partial charge < -0.3 is 20.9 Å². The third kappa shape index (κ3) is 7.12. The van der Waals surface area contributed by atoms with E-state index in [-0.39, 0.29) is 30.1 Å². The van der Waals surface area contributed by atoms with E-state index < -0.39 is 6.04 Å². The molecule has 0 unspecified atom stereocenters. The van der Waals surface area contributed by atoms with Gasteiger partial charge >= 0.3 is 0 Å². The number of benzene rings is 3. The summed E-state index contributed by atoms with van der Waals surface area (Å²) in [4.78, 5) is 39.9. The number of halogens is 1. The number of carbonyl (C=O) groups excluding carboxylic acids is 3. The number of piperazine rings is 1. The van der Waals surface area contributed by atoms with Crippen molar-refractivity contribution in [2.75, 3.05) is 26.2 Å². The molecule has 0 bridgehead atoms. The zero-order valence-corrected chi connectivity index (χ0v) is 22.4. The van der Waals surface area contributed by atoms with Crippen LogP contribution < -0.4 is 16.0 Å². The Balaban J connectivity index is 1.15. The van der Waals surface area contributed by atoms with Crippen LogP contribution in [0.3, 0.4) is 0 Å². The molecule has 3 amide bonds. The van der Waals surface area contributed by atoms with Gasteiger partial charge in [0, 0.05) is 30.6 Å². The molecule has 1 saturated heterocycles. The van der Waals surface area contributed by atoms with E-state index in [0.717, 1.165) is 42.5 Å². The first-order chi connectivity index (χ1) is 19.5. The van der Waals surface area contributed by atoms with Crippen LogP contribution >= 0.6 is 0 Å². The van der Waals surface area contributed by atoms with Crippen molar-refractivity contribution in [3.63, 3.8) is 0 Å². The van der Waals surface area contributed by atoms with Gasteiger partial charge in [-0.1, -0.05) is 54.6 Å². The van der Waals surface area contributed by atoms with Crippen LogP contribution in [0.5, 0.6) is 0 Å². The van der Waals surface area contributed by atoms with Crippen LogP contribution in [0.2, 0.25) is 0 Å². The van der Waals surface area contributed by atoms with Crippen molar-refractivity contribution in [1.82, 2.24) is 20.9 Å². The molecule has 2 aliphatic rings. The molecule has 1 heterocycles. The lowest BCUT2D eigenvalue weighted by Gasteiger charge is -2.30. The summed E-state index contributed by atoms with van der Waals surface area (Å²) in [5.74, 6) is -0.536. The summed E-state index contributed by atoms with van der Waals surface area (Å²) in [5, 5.41) is 9.22. The smallest absolute Gasteiger partial charge is 0.251 e. The highest BCUT2D eigenvalue weighted by Gasteiger charge is 2.37. The van der Waals surface area contributed by atoms with Gasteiger partial charge in [-0.25, -0.2) is 4.39 Å². The van der Waals surface area contributed by atoms with Crippen LogP contribution in [0.1, 0.15) is 47.5 Å². The first kappa shape index (κ1) is 27.5. The summed E-state index contributed by atoms with van der Waals surface area (Å²) in [6, 6.07) is 23.6. The van der Waals surface area contributed by atoms with Gasteiger partial charge in [0.1, 0.15) is 11.9 Å². The minimum Gasteiger partial charge on any atom is -0.353 e. The average Bonchev–Trinajstić information content (AvgIpc) is 3.76. The molecule has 0 aromatic heterocycles. The van der Waals surface area contributed by atoms with Crippen LogP contribution in [0.25, 0.3) is 11.1 Å². The summed E-state index contributed by atoms with van der Waals surface area (Å²) in [6.45, 7) is 1.64. The van der Waals surface area contributed by atoms with Crippen molar-refractivity contribution in [3.05, 3.63) is 95.8 Å². The quantitative estimate of drug-likeness (QED) is 0.321. The molecule has 0 spiro atoms. The van der Waals surface area contributed by atoms with Gasteiger partial charge in [-0.05, 0) is 73.2 Å². The molecule has 7 nitrogen and oxygen atoms in total. The largest absolute Gasteiger partial charge is 0.353 e. The van der Waals surface area contributed by atoms with E-state index in [2.05, 4.69) is 16.0 Å². The number of unbranched alkanes of at least 4 members (excludes halogenated alkanes) is 1. The summed E-state index contributed by atoms with van der Waals surface area (Å²) in [5.41, 5.74) is 3.70. The Morgan fingerprint density at radius 1 is 0.950 bits per heavy atom. The number of hydrogen-bond acceptors (Lipinski definition) is 4. The summed E-state index contributed by atoms with van der Waals surface area (Å²) in [7, 11) is 0. The fourth-order valence-corrected chi connectivity index (χ4v) is 5.25. The molecule has 0 radical (unpaired) electrons. The second-order valence-electron chi connectivity index (χ2n) is 10.5. The molecule has 2 fully saturated rings. The molecule has 1 aliphatic heterocycles. The van der Waals surface area contributed by atoms with Gasteiger partial charge in [0.15, 0.2) is 0 Å². The second kappa shape index (κ2) is 12.9. The zero-order chi connectivity index (χ0) is 27.9.